The molecule has 18 heavy (non-hydrogen) atoms. The minimum atomic E-state index is 0.166. The highest BCUT2D eigenvalue weighted by Crippen LogP contribution is 2.34. The van der Waals surface area contributed by atoms with Crippen molar-refractivity contribution in [3.63, 3.8) is 0 Å². The molecule has 1 aliphatic carbocycles. The number of nitrogens with one attached hydrogen (secondary N) is 2. The molecule has 1 aromatic heterocycles. The third-order valence-corrected chi connectivity index (χ3v) is 3.71. The van der Waals surface area contributed by atoms with Gasteiger partial charge in [-0.3, -0.25) is 5.10 Å². The quantitative estimate of drug-likeness (QED) is 0.894. The predicted octanol–water partition coefficient (Wildman–Crippen LogP) is 2.80. The zero-order valence-corrected chi connectivity index (χ0v) is 10.9. The van der Waals surface area contributed by atoms with Gasteiger partial charge in [-0.2, -0.15) is 5.10 Å². The van der Waals surface area contributed by atoms with Gasteiger partial charge in [-0.05, 0) is 43.0 Å². The van der Waals surface area contributed by atoms with Crippen LogP contribution in [0.3, 0.4) is 0 Å². The highest BCUT2D eigenvalue weighted by Gasteiger charge is 2.24. The van der Waals surface area contributed by atoms with E-state index in [4.69, 9.17) is 11.6 Å². The fourth-order valence-electron chi connectivity index (χ4n) is 2.56. The Morgan fingerprint density at radius 3 is 3.17 bits per heavy atom. The predicted molar refractivity (Wildman–Crippen MR) is 70.4 cm³/mol. The van der Waals surface area contributed by atoms with Gasteiger partial charge in [-0.1, -0.05) is 17.7 Å². The molecule has 1 heterocycles. The third-order valence-electron chi connectivity index (χ3n) is 3.48. The summed E-state index contributed by atoms with van der Waals surface area (Å²) >= 11 is 6.01. The van der Waals surface area contributed by atoms with Crippen LogP contribution in [0.4, 0.5) is 0 Å². The first-order chi connectivity index (χ1) is 8.74. The van der Waals surface area contributed by atoms with Gasteiger partial charge in [0.15, 0.2) is 0 Å². The van der Waals surface area contributed by atoms with Gasteiger partial charge < -0.3 is 5.32 Å². The number of benzene rings is 1. The lowest BCUT2D eigenvalue weighted by Crippen LogP contribution is -2.23. The molecule has 2 atom stereocenters. The molecule has 5 heteroatoms. The average molecular weight is 263 g/mol. The van der Waals surface area contributed by atoms with E-state index in [1.807, 2.05) is 6.07 Å². The van der Waals surface area contributed by atoms with Gasteiger partial charge >= 0.3 is 0 Å². The molecule has 1 aromatic carbocycles. The van der Waals surface area contributed by atoms with Gasteiger partial charge in [0.1, 0.15) is 12.2 Å². The fourth-order valence-corrected chi connectivity index (χ4v) is 2.76. The van der Waals surface area contributed by atoms with Crippen LogP contribution in [-0.4, -0.2) is 15.2 Å². The minimum absolute atomic E-state index is 0.166. The number of aromatic amines is 1. The SMILES string of the molecule is CC(NC1CCc2cc(Cl)ccc21)c1ncn[nH]1. The summed E-state index contributed by atoms with van der Waals surface area (Å²) < 4.78 is 0. The van der Waals surface area contributed by atoms with Crippen molar-refractivity contribution in [2.24, 2.45) is 0 Å². The van der Waals surface area contributed by atoms with Crippen LogP contribution in [-0.2, 0) is 6.42 Å². The second-order valence-electron chi connectivity index (χ2n) is 4.69. The zero-order valence-electron chi connectivity index (χ0n) is 10.2. The first kappa shape index (κ1) is 11.7. The summed E-state index contributed by atoms with van der Waals surface area (Å²) in [5, 5.41) is 11.2. The van der Waals surface area contributed by atoms with Crippen LogP contribution in [0.15, 0.2) is 24.5 Å². The number of fused-ring (bicyclic) bond motifs is 1. The summed E-state index contributed by atoms with van der Waals surface area (Å²) in [6.45, 7) is 2.09. The Labute approximate surface area is 111 Å². The second kappa shape index (κ2) is 4.71. The Bertz CT molecular complexity index is 538. The lowest BCUT2D eigenvalue weighted by Gasteiger charge is -2.18. The lowest BCUT2D eigenvalue weighted by molar-refractivity contribution is 0.451. The third kappa shape index (κ3) is 2.13. The Balaban J connectivity index is 1.77. The summed E-state index contributed by atoms with van der Waals surface area (Å²) in [5.41, 5.74) is 2.70. The van der Waals surface area contributed by atoms with E-state index in [2.05, 4.69) is 39.6 Å². The van der Waals surface area contributed by atoms with Crippen molar-refractivity contribution in [1.29, 1.82) is 0 Å². The van der Waals surface area contributed by atoms with Crippen LogP contribution >= 0.6 is 11.6 Å². The van der Waals surface area contributed by atoms with Gasteiger partial charge in [0.25, 0.3) is 0 Å². The summed E-state index contributed by atoms with van der Waals surface area (Å²) in [6.07, 6.45) is 3.72. The highest BCUT2D eigenvalue weighted by atomic mass is 35.5. The van der Waals surface area contributed by atoms with Crippen molar-refractivity contribution in [2.45, 2.75) is 31.8 Å². The molecule has 0 radical (unpaired) electrons. The monoisotopic (exact) mass is 262 g/mol. The summed E-state index contributed by atoms with van der Waals surface area (Å²) in [6, 6.07) is 6.68. The van der Waals surface area contributed by atoms with Gasteiger partial charge in [0.2, 0.25) is 0 Å². The van der Waals surface area contributed by atoms with Crippen molar-refractivity contribution < 1.29 is 0 Å². The van der Waals surface area contributed by atoms with Crippen molar-refractivity contribution in [3.8, 4) is 0 Å². The van der Waals surface area contributed by atoms with Crippen LogP contribution < -0.4 is 5.32 Å². The van der Waals surface area contributed by atoms with Crippen LogP contribution in [0, 0.1) is 0 Å². The molecular weight excluding hydrogens is 248 g/mol. The van der Waals surface area contributed by atoms with E-state index in [1.54, 1.807) is 0 Å². The first-order valence-electron chi connectivity index (χ1n) is 6.13. The van der Waals surface area contributed by atoms with Crippen molar-refractivity contribution in [1.82, 2.24) is 20.5 Å². The molecule has 1 aliphatic rings. The van der Waals surface area contributed by atoms with Crippen molar-refractivity contribution >= 4 is 11.6 Å². The average Bonchev–Trinajstić information content (AvgIpc) is 2.98. The number of halogens is 1. The molecule has 0 aliphatic heterocycles. The van der Waals surface area contributed by atoms with E-state index in [1.165, 1.54) is 17.5 Å². The van der Waals surface area contributed by atoms with Crippen molar-refractivity contribution in [2.75, 3.05) is 0 Å². The molecule has 2 N–H and O–H groups in total. The van der Waals surface area contributed by atoms with Gasteiger partial charge in [0.05, 0.1) is 6.04 Å². The highest BCUT2D eigenvalue weighted by molar-refractivity contribution is 6.30. The summed E-state index contributed by atoms with van der Waals surface area (Å²) in [4.78, 5) is 4.18. The first-order valence-corrected chi connectivity index (χ1v) is 6.51. The largest absolute Gasteiger partial charge is 0.301 e. The molecular formula is C13H15ClN4. The summed E-state index contributed by atoms with van der Waals surface area (Å²) in [5.74, 6) is 0.873. The summed E-state index contributed by atoms with van der Waals surface area (Å²) in [7, 11) is 0. The maximum Gasteiger partial charge on any atom is 0.141 e. The number of hydrogen-bond donors (Lipinski definition) is 2. The van der Waals surface area contributed by atoms with Crippen LogP contribution in [0.5, 0.6) is 0 Å². The molecule has 0 saturated heterocycles. The molecule has 3 rings (SSSR count). The Morgan fingerprint density at radius 2 is 2.39 bits per heavy atom. The van der Waals surface area contributed by atoms with Crippen molar-refractivity contribution in [3.05, 3.63) is 46.5 Å². The maximum atomic E-state index is 6.01. The van der Waals surface area contributed by atoms with E-state index >= 15 is 0 Å². The second-order valence-corrected chi connectivity index (χ2v) is 5.13. The normalized spacial score (nSPS) is 19.8. The van der Waals surface area contributed by atoms with Gasteiger partial charge in [-0.15, -0.1) is 0 Å². The fraction of sp³-hybridized carbons (Fsp3) is 0.385. The van der Waals surface area contributed by atoms with Gasteiger partial charge in [-0.25, -0.2) is 4.98 Å². The molecule has 0 bridgehead atoms. The number of aryl methyl sites for hydroxylation is 1. The molecule has 4 nitrogen and oxygen atoms in total. The molecule has 0 spiro atoms. The Hall–Kier alpha value is -1.39. The standard InChI is InChI=1S/C13H15ClN4/c1-8(13-15-7-16-18-13)17-12-5-2-9-6-10(14)3-4-11(9)12/h3-4,6-8,12,17H,2,5H2,1H3,(H,15,16,18). The molecule has 0 saturated carbocycles. The Kier molecular flexibility index (Phi) is 3.06. The van der Waals surface area contributed by atoms with Crippen LogP contribution in [0.1, 0.15) is 42.4 Å². The van der Waals surface area contributed by atoms with E-state index in [0.29, 0.717) is 6.04 Å². The maximum absolute atomic E-state index is 6.01. The molecule has 0 amide bonds. The topological polar surface area (TPSA) is 53.6 Å². The minimum Gasteiger partial charge on any atom is -0.301 e. The number of H-pyrrole nitrogens is 1. The van der Waals surface area contributed by atoms with Crippen LogP contribution in [0.2, 0.25) is 5.02 Å². The number of rotatable bonds is 3. The molecule has 2 unspecified atom stereocenters. The van der Waals surface area contributed by atoms with Gasteiger partial charge in [0, 0.05) is 11.1 Å². The van der Waals surface area contributed by atoms with E-state index in [-0.39, 0.29) is 6.04 Å². The van der Waals surface area contributed by atoms with E-state index in [0.717, 1.165) is 23.7 Å². The van der Waals surface area contributed by atoms with E-state index < -0.39 is 0 Å². The molecule has 0 fully saturated rings. The zero-order chi connectivity index (χ0) is 12.5. The molecule has 2 aromatic rings. The molecule has 94 valence electrons. The van der Waals surface area contributed by atoms with Crippen LogP contribution in [0.25, 0.3) is 0 Å². The smallest absolute Gasteiger partial charge is 0.141 e. The Morgan fingerprint density at radius 1 is 1.50 bits per heavy atom. The van der Waals surface area contributed by atoms with E-state index in [9.17, 15) is 0 Å². The number of nitrogens with zero attached hydrogens (tertiary/aromatic N) is 2. The number of aromatic nitrogens is 3. The lowest BCUT2D eigenvalue weighted by atomic mass is 10.1. The number of hydrogen-bond acceptors (Lipinski definition) is 3.